The van der Waals surface area contributed by atoms with Gasteiger partial charge in [-0.25, -0.2) is 0 Å². The third kappa shape index (κ3) is 5.74. The van der Waals surface area contributed by atoms with Gasteiger partial charge in [0.05, 0.1) is 6.04 Å². The lowest BCUT2D eigenvalue weighted by atomic mass is 9.86. The molecule has 0 saturated heterocycles. The van der Waals surface area contributed by atoms with E-state index in [1.54, 1.807) is 0 Å². The Morgan fingerprint density at radius 2 is 0.963 bits per heavy atom. The van der Waals surface area contributed by atoms with Crippen LogP contribution in [0.15, 0.2) is 206 Å². The summed E-state index contributed by atoms with van der Waals surface area (Å²) < 4.78 is 0. The van der Waals surface area contributed by atoms with Crippen molar-refractivity contribution in [2.45, 2.75) is 12.2 Å². The van der Waals surface area contributed by atoms with Gasteiger partial charge in [-0.05, 0) is 89.0 Å². The van der Waals surface area contributed by atoms with Crippen molar-refractivity contribution in [2.24, 2.45) is 0 Å². The molecule has 2 atom stereocenters. The zero-order chi connectivity index (χ0) is 35.8. The van der Waals surface area contributed by atoms with Crippen LogP contribution in [0.2, 0.25) is 0 Å². The molecule has 2 nitrogen and oxygen atoms in total. The fourth-order valence-electron chi connectivity index (χ4n) is 8.35. The highest BCUT2D eigenvalue weighted by atomic mass is 15.2. The van der Waals surface area contributed by atoms with E-state index in [0.717, 1.165) is 5.70 Å². The highest BCUT2D eigenvalue weighted by molar-refractivity contribution is 6.20. The van der Waals surface area contributed by atoms with E-state index in [2.05, 4.69) is 217 Å². The fraction of sp³-hybridized carbons (Fsp3) is 0.0385. The fourth-order valence-corrected chi connectivity index (χ4v) is 8.35. The third-order valence-corrected chi connectivity index (χ3v) is 11.0. The number of nitrogens with one attached hydrogen (secondary N) is 2. The average molecular weight is 691 g/mol. The second kappa shape index (κ2) is 13.7. The minimum absolute atomic E-state index is 0.0406. The Kier molecular flexibility index (Phi) is 8.09. The van der Waals surface area contributed by atoms with E-state index in [-0.39, 0.29) is 12.2 Å². The van der Waals surface area contributed by atoms with Gasteiger partial charge in [-0.3, -0.25) is 5.32 Å². The molecule has 10 rings (SSSR count). The van der Waals surface area contributed by atoms with E-state index < -0.39 is 0 Å². The lowest BCUT2D eigenvalue weighted by Crippen LogP contribution is -2.40. The standard InChI is InChI=1S/C52H38N2/c1-3-15-35(16-4-1)36-27-29-39(30-28-36)49-34-50(44-24-12-11-21-41(44)37-17-5-2-6-18-37)54-52(53-49)47-26-14-13-25-45(47)51-43-23-10-8-20-40(43)33-48-42-22-9-7-19-38(42)31-32-46(48)51/h1-34,49,52-54H. The number of hydrogen-bond donors (Lipinski definition) is 2. The number of fused-ring (bicyclic) bond motifs is 4. The smallest absolute Gasteiger partial charge is 0.105 e. The Bertz CT molecular complexity index is 2820. The summed E-state index contributed by atoms with van der Waals surface area (Å²) in [4.78, 5) is 0. The van der Waals surface area contributed by atoms with Crippen LogP contribution in [0.5, 0.6) is 0 Å². The van der Waals surface area contributed by atoms with E-state index >= 15 is 0 Å². The van der Waals surface area contributed by atoms with Crippen molar-refractivity contribution in [3.05, 3.63) is 223 Å². The Balaban J connectivity index is 1.15. The molecule has 0 saturated carbocycles. The average Bonchev–Trinajstić information content (AvgIpc) is 3.26. The summed E-state index contributed by atoms with van der Waals surface area (Å²) in [6.45, 7) is 0. The van der Waals surface area contributed by atoms with Gasteiger partial charge in [0.1, 0.15) is 6.17 Å². The molecule has 0 spiro atoms. The molecule has 1 aliphatic rings. The van der Waals surface area contributed by atoms with Crippen molar-refractivity contribution in [3.8, 4) is 33.4 Å². The Hall–Kier alpha value is -6.74. The van der Waals surface area contributed by atoms with Crippen molar-refractivity contribution in [1.82, 2.24) is 10.6 Å². The van der Waals surface area contributed by atoms with E-state index in [1.807, 2.05) is 0 Å². The summed E-state index contributed by atoms with van der Waals surface area (Å²) in [5.74, 6) is 0. The highest BCUT2D eigenvalue weighted by Gasteiger charge is 2.28. The molecule has 256 valence electrons. The molecule has 0 radical (unpaired) electrons. The minimum atomic E-state index is -0.182. The van der Waals surface area contributed by atoms with Crippen molar-refractivity contribution in [3.63, 3.8) is 0 Å². The van der Waals surface area contributed by atoms with Gasteiger partial charge in [-0.15, -0.1) is 0 Å². The Labute approximate surface area is 316 Å². The molecule has 54 heavy (non-hydrogen) atoms. The summed E-state index contributed by atoms with van der Waals surface area (Å²) in [7, 11) is 0. The lowest BCUT2D eigenvalue weighted by molar-refractivity contribution is 0.443. The number of benzene rings is 9. The van der Waals surface area contributed by atoms with Gasteiger partial charge in [-0.1, -0.05) is 194 Å². The molecule has 9 aromatic carbocycles. The Morgan fingerprint density at radius 3 is 1.74 bits per heavy atom. The van der Waals surface area contributed by atoms with Gasteiger partial charge in [0.15, 0.2) is 0 Å². The first-order chi connectivity index (χ1) is 26.8. The van der Waals surface area contributed by atoms with Crippen LogP contribution in [0.3, 0.4) is 0 Å². The lowest BCUT2D eigenvalue weighted by Gasteiger charge is -2.35. The number of hydrogen-bond acceptors (Lipinski definition) is 2. The predicted molar refractivity (Wildman–Crippen MR) is 228 cm³/mol. The molecule has 0 bridgehead atoms. The van der Waals surface area contributed by atoms with E-state index in [4.69, 9.17) is 0 Å². The summed E-state index contributed by atoms with van der Waals surface area (Å²) >= 11 is 0. The van der Waals surface area contributed by atoms with Crippen LogP contribution in [0.25, 0.3) is 71.4 Å². The predicted octanol–water partition coefficient (Wildman–Crippen LogP) is 13.1. The highest BCUT2D eigenvalue weighted by Crippen LogP contribution is 2.43. The van der Waals surface area contributed by atoms with Crippen molar-refractivity contribution in [1.29, 1.82) is 0 Å². The van der Waals surface area contributed by atoms with Crippen molar-refractivity contribution < 1.29 is 0 Å². The molecular formula is C52H38N2. The molecule has 2 heteroatoms. The van der Waals surface area contributed by atoms with Crippen LogP contribution in [0.4, 0.5) is 0 Å². The molecule has 2 N–H and O–H groups in total. The molecule has 0 amide bonds. The quantitative estimate of drug-likeness (QED) is 0.134. The monoisotopic (exact) mass is 690 g/mol. The first kappa shape index (κ1) is 32.0. The summed E-state index contributed by atoms with van der Waals surface area (Å²) in [5.41, 5.74) is 12.0. The van der Waals surface area contributed by atoms with E-state index in [0.29, 0.717) is 0 Å². The van der Waals surface area contributed by atoms with Crippen molar-refractivity contribution >= 4 is 38.0 Å². The first-order valence-corrected chi connectivity index (χ1v) is 18.8. The van der Waals surface area contributed by atoms with Crippen LogP contribution in [0.1, 0.15) is 28.9 Å². The molecule has 1 aliphatic heterocycles. The number of rotatable bonds is 6. The van der Waals surface area contributed by atoms with E-state index in [9.17, 15) is 0 Å². The molecule has 9 aromatic rings. The molecule has 0 aromatic heterocycles. The Morgan fingerprint density at radius 1 is 0.370 bits per heavy atom. The summed E-state index contributed by atoms with van der Waals surface area (Å²) in [5, 5.41) is 15.6. The van der Waals surface area contributed by atoms with Crippen LogP contribution in [0, 0.1) is 0 Å². The van der Waals surface area contributed by atoms with Gasteiger partial charge in [-0.2, -0.15) is 0 Å². The topological polar surface area (TPSA) is 24.1 Å². The third-order valence-electron chi connectivity index (χ3n) is 11.0. The normalized spacial score (nSPS) is 15.6. The van der Waals surface area contributed by atoms with Gasteiger partial charge >= 0.3 is 0 Å². The van der Waals surface area contributed by atoms with Gasteiger partial charge in [0.25, 0.3) is 0 Å². The van der Waals surface area contributed by atoms with Crippen LogP contribution in [-0.2, 0) is 0 Å². The van der Waals surface area contributed by atoms with Gasteiger partial charge in [0.2, 0.25) is 0 Å². The second-order valence-corrected chi connectivity index (χ2v) is 14.1. The van der Waals surface area contributed by atoms with Gasteiger partial charge in [0, 0.05) is 11.3 Å². The van der Waals surface area contributed by atoms with E-state index in [1.165, 1.54) is 82.4 Å². The largest absolute Gasteiger partial charge is 0.366 e. The molecular weight excluding hydrogens is 653 g/mol. The maximum absolute atomic E-state index is 4.05. The second-order valence-electron chi connectivity index (χ2n) is 14.1. The minimum Gasteiger partial charge on any atom is -0.366 e. The van der Waals surface area contributed by atoms with Crippen LogP contribution >= 0.6 is 0 Å². The van der Waals surface area contributed by atoms with Crippen LogP contribution < -0.4 is 10.6 Å². The van der Waals surface area contributed by atoms with Crippen LogP contribution in [-0.4, -0.2) is 0 Å². The SMILES string of the molecule is C1=C(c2ccccc2-c2ccccc2)NC(c2ccccc2-c2c3ccccc3cc3c2ccc2ccccc23)NC1c1ccc(-c2ccccc2)cc1. The zero-order valence-electron chi connectivity index (χ0n) is 29.8. The molecule has 0 fully saturated rings. The van der Waals surface area contributed by atoms with Crippen molar-refractivity contribution in [2.75, 3.05) is 0 Å². The zero-order valence-corrected chi connectivity index (χ0v) is 29.8. The van der Waals surface area contributed by atoms with Gasteiger partial charge < -0.3 is 5.32 Å². The molecule has 2 unspecified atom stereocenters. The maximum Gasteiger partial charge on any atom is 0.105 e. The summed E-state index contributed by atoms with van der Waals surface area (Å²) in [6.07, 6.45) is 2.18. The first-order valence-electron chi connectivity index (χ1n) is 18.8. The maximum atomic E-state index is 4.05. The molecule has 0 aliphatic carbocycles. The summed E-state index contributed by atoms with van der Waals surface area (Å²) in [6, 6.07) is 72.5. The molecule has 1 heterocycles.